The van der Waals surface area contributed by atoms with Crippen molar-refractivity contribution in [3.8, 4) is 44.8 Å². The van der Waals surface area contributed by atoms with E-state index in [1.807, 2.05) is 0 Å². The second kappa shape index (κ2) is 14.0. The van der Waals surface area contributed by atoms with Gasteiger partial charge in [-0.25, -0.2) is 0 Å². The van der Waals surface area contributed by atoms with Crippen molar-refractivity contribution < 1.29 is 0 Å². The molecule has 0 radical (unpaired) electrons. The van der Waals surface area contributed by atoms with Gasteiger partial charge in [-0.15, -0.1) is 0 Å². The zero-order valence-electron chi connectivity index (χ0n) is 34.5. The molecule has 12 bridgehead atoms. The van der Waals surface area contributed by atoms with E-state index in [0.29, 0.717) is 0 Å². The van der Waals surface area contributed by atoms with Crippen LogP contribution in [-0.2, 0) is 0 Å². The van der Waals surface area contributed by atoms with Crippen LogP contribution in [0.25, 0.3) is 88.4 Å². The number of hydrogen-bond donors (Lipinski definition) is 0. The van der Waals surface area contributed by atoms with Gasteiger partial charge < -0.3 is 9.13 Å². The Morgan fingerprint density at radius 1 is 0.222 bits per heavy atom. The van der Waals surface area contributed by atoms with E-state index in [1.165, 1.54) is 97.7 Å². The van der Waals surface area contributed by atoms with Crippen molar-refractivity contribution in [2.24, 2.45) is 0 Å². The van der Waals surface area contributed by atoms with Crippen molar-refractivity contribution in [3.63, 3.8) is 0 Å². The molecular formula is C60H40N2Si. The van der Waals surface area contributed by atoms with E-state index in [2.05, 4.69) is 252 Å². The highest BCUT2D eigenvalue weighted by Gasteiger charge is 2.41. The van der Waals surface area contributed by atoms with Crippen LogP contribution in [0, 0.1) is 0 Å². The van der Waals surface area contributed by atoms with Crippen LogP contribution in [0.3, 0.4) is 0 Å². The minimum atomic E-state index is -2.90. The number of fused-ring (bicyclic) bond motifs is 11. The van der Waals surface area contributed by atoms with E-state index in [9.17, 15) is 0 Å². The molecule has 0 aliphatic carbocycles. The maximum Gasteiger partial charge on any atom is 0.179 e. The molecule has 0 saturated carbocycles. The molecule has 3 heteroatoms. The van der Waals surface area contributed by atoms with E-state index < -0.39 is 8.07 Å². The molecule has 1 aliphatic rings. The molecule has 2 nitrogen and oxygen atoms in total. The second-order valence-corrected chi connectivity index (χ2v) is 20.7. The van der Waals surface area contributed by atoms with Gasteiger partial charge in [0.15, 0.2) is 8.07 Å². The van der Waals surface area contributed by atoms with Gasteiger partial charge >= 0.3 is 0 Å². The van der Waals surface area contributed by atoms with Crippen molar-refractivity contribution in [2.75, 3.05) is 0 Å². The molecule has 0 unspecified atom stereocenters. The number of hydrogen-bond acceptors (Lipinski definition) is 0. The van der Waals surface area contributed by atoms with E-state index in [-0.39, 0.29) is 0 Å². The summed E-state index contributed by atoms with van der Waals surface area (Å²) in [6.07, 6.45) is 0. The second-order valence-electron chi connectivity index (χ2n) is 16.9. The zero-order valence-corrected chi connectivity index (χ0v) is 35.5. The predicted octanol–water partition coefficient (Wildman–Crippen LogP) is 12.6. The summed E-state index contributed by atoms with van der Waals surface area (Å²) in [7, 11) is -2.90. The van der Waals surface area contributed by atoms with E-state index in [4.69, 9.17) is 0 Å². The van der Waals surface area contributed by atoms with Crippen molar-refractivity contribution in [2.45, 2.75) is 0 Å². The molecule has 63 heavy (non-hydrogen) atoms. The van der Waals surface area contributed by atoms with Crippen LogP contribution >= 0.6 is 0 Å². The van der Waals surface area contributed by atoms with Gasteiger partial charge in [-0.1, -0.05) is 170 Å². The lowest BCUT2D eigenvalue weighted by atomic mass is 9.98. The van der Waals surface area contributed by atoms with Crippen LogP contribution in [0.4, 0.5) is 0 Å². The summed E-state index contributed by atoms with van der Waals surface area (Å²) in [5, 5.41) is 10.4. The summed E-state index contributed by atoms with van der Waals surface area (Å²) in [5.41, 5.74) is 14.4. The lowest BCUT2D eigenvalue weighted by molar-refractivity contribution is 1.18. The Labute approximate surface area is 367 Å². The van der Waals surface area contributed by atoms with E-state index >= 15 is 0 Å². The lowest BCUT2D eigenvalue weighted by Crippen LogP contribution is -2.74. The number of nitrogens with zero attached hydrogens (tertiary/aromatic N) is 2. The highest BCUT2D eigenvalue weighted by atomic mass is 28.3. The van der Waals surface area contributed by atoms with Gasteiger partial charge in [-0.05, 0) is 127 Å². The molecule has 13 rings (SSSR count). The highest BCUT2D eigenvalue weighted by molar-refractivity contribution is 7.20. The number of para-hydroxylation sites is 2. The third-order valence-corrected chi connectivity index (χ3v) is 18.3. The summed E-state index contributed by atoms with van der Waals surface area (Å²) in [5.74, 6) is 0. The Balaban J connectivity index is 1.18. The van der Waals surface area contributed by atoms with Crippen molar-refractivity contribution in [3.05, 3.63) is 243 Å². The third-order valence-electron chi connectivity index (χ3n) is 13.6. The van der Waals surface area contributed by atoms with E-state index in [0.717, 1.165) is 11.4 Å². The van der Waals surface area contributed by atoms with Crippen LogP contribution in [-0.4, -0.2) is 17.2 Å². The monoisotopic (exact) mass is 816 g/mol. The molecule has 1 aliphatic heterocycles. The SMILES string of the molecule is c1ccc(-n2c3ccc4cc3c3cc(ccc32)-c2ccc3c(c2)c2cc(ccc2n3-c2ccccc2)-c2cccc(c2)[Si](c2ccccc2)(c2ccccc2)c2cccc-4c2)cc1. The van der Waals surface area contributed by atoms with Crippen LogP contribution in [0.5, 0.6) is 0 Å². The number of rotatable bonds is 4. The maximum absolute atomic E-state index is 2.90. The first-order chi connectivity index (χ1) is 31.2. The lowest BCUT2D eigenvalue weighted by Gasteiger charge is -2.35. The number of benzene rings is 10. The molecule has 294 valence electrons. The quantitative estimate of drug-likeness (QED) is 0.157. The summed E-state index contributed by atoms with van der Waals surface area (Å²) >= 11 is 0. The number of aromatic nitrogens is 2. The van der Waals surface area contributed by atoms with Gasteiger partial charge in [0, 0.05) is 32.9 Å². The van der Waals surface area contributed by atoms with Gasteiger partial charge in [-0.3, -0.25) is 0 Å². The average molecular weight is 817 g/mol. The largest absolute Gasteiger partial charge is 0.309 e. The standard InChI is InChI=1S/C60H40N2Si/c1-5-17-47(18-6-1)61-57-31-27-43-37-53(57)55-39-45(29-33-59(55)61)46-30-34-60-56(40-46)54-38-44(28-32-58(54)62(60)48-19-7-2-8-20-48)42-16-14-26-52(36-42)63(49-21-9-3-10-22-49,50-23-11-4-12-24-50)51-25-13-15-41(43)35-51/h1-40H. The van der Waals surface area contributed by atoms with Gasteiger partial charge in [0.1, 0.15) is 0 Å². The summed E-state index contributed by atoms with van der Waals surface area (Å²) in [4.78, 5) is 0. The Hall–Kier alpha value is -7.98. The summed E-state index contributed by atoms with van der Waals surface area (Å²) < 4.78 is 4.85. The molecule has 2 aromatic heterocycles. The third kappa shape index (κ3) is 5.43. The Morgan fingerprint density at radius 3 is 0.841 bits per heavy atom. The molecular weight excluding hydrogens is 777 g/mol. The fraction of sp³-hybridized carbons (Fsp3) is 0. The minimum absolute atomic E-state index is 1.16. The van der Waals surface area contributed by atoms with E-state index in [1.54, 1.807) is 0 Å². The van der Waals surface area contributed by atoms with Crippen molar-refractivity contribution in [1.82, 2.24) is 9.13 Å². The molecule has 0 atom stereocenters. The fourth-order valence-corrected chi connectivity index (χ4v) is 15.5. The Kier molecular flexibility index (Phi) is 7.96. The van der Waals surface area contributed by atoms with Gasteiger partial charge in [-0.2, -0.15) is 0 Å². The maximum atomic E-state index is 2.50. The molecule has 0 fully saturated rings. The first kappa shape index (κ1) is 35.7. The van der Waals surface area contributed by atoms with Gasteiger partial charge in [0.05, 0.1) is 22.1 Å². The van der Waals surface area contributed by atoms with Gasteiger partial charge in [0.25, 0.3) is 0 Å². The molecule has 0 spiro atoms. The van der Waals surface area contributed by atoms with Crippen LogP contribution in [0.1, 0.15) is 0 Å². The first-order valence-corrected chi connectivity index (χ1v) is 23.8. The predicted molar refractivity (Wildman–Crippen MR) is 269 cm³/mol. The molecule has 0 N–H and O–H groups in total. The summed E-state index contributed by atoms with van der Waals surface area (Å²) in [6, 6.07) is 91.3. The topological polar surface area (TPSA) is 9.86 Å². The van der Waals surface area contributed by atoms with Crippen molar-refractivity contribution >= 4 is 72.4 Å². The average Bonchev–Trinajstić information content (AvgIpc) is 3.87. The van der Waals surface area contributed by atoms with Crippen LogP contribution < -0.4 is 20.7 Å². The molecule has 0 saturated heterocycles. The smallest absolute Gasteiger partial charge is 0.179 e. The molecule has 12 aromatic rings. The molecule has 3 heterocycles. The Morgan fingerprint density at radius 2 is 0.508 bits per heavy atom. The molecule has 10 aromatic carbocycles. The van der Waals surface area contributed by atoms with Crippen molar-refractivity contribution in [1.29, 1.82) is 0 Å². The zero-order chi connectivity index (χ0) is 41.5. The van der Waals surface area contributed by atoms with Crippen LogP contribution in [0.15, 0.2) is 243 Å². The fourth-order valence-electron chi connectivity index (χ4n) is 10.7. The van der Waals surface area contributed by atoms with Gasteiger partial charge in [0.2, 0.25) is 0 Å². The first-order valence-electron chi connectivity index (χ1n) is 21.8. The molecule has 0 amide bonds. The Bertz CT molecular complexity index is 3470. The normalized spacial score (nSPS) is 12.9. The summed E-state index contributed by atoms with van der Waals surface area (Å²) in [6.45, 7) is 0. The minimum Gasteiger partial charge on any atom is -0.309 e. The van der Waals surface area contributed by atoms with Crippen LogP contribution in [0.2, 0.25) is 0 Å². The highest BCUT2D eigenvalue weighted by Crippen LogP contribution is 2.40.